The standard InChI is InChI=1S/C17H25N3O/c1-4-7-12(2)20(3)17(21)15(18)10-13-11-19-16-9-6-5-8-14(13)16/h5-6,8-9,11-12,15,19H,4,7,10,18H2,1-3H3/t12?,15-/m1/s1. The van der Waals surface area contributed by atoms with E-state index in [4.69, 9.17) is 5.73 Å². The Bertz CT molecular complexity index is 605. The van der Waals surface area contributed by atoms with Crippen LogP contribution in [0, 0.1) is 0 Å². The molecule has 0 aliphatic heterocycles. The zero-order chi connectivity index (χ0) is 15.4. The Kier molecular flexibility index (Phi) is 5.02. The van der Waals surface area contributed by atoms with Gasteiger partial charge in [-0.2, -0.15) is 0 Å². The molecule has 0 fully saturated rings. The first-order chi connectivity index (χ1) is 10.0. The second-order valence-corrected chi connectivity index (χ2v) is 5.76. The Morgan fingerprint density at radius 3 is 2.81 bits per heavy atom. The van der Waals surface area contributed by atoms with E-state index in [1.165, 1.54) is 0 Å². The number of likely N-dealkylation sites (N-methyl/N-ethyl adjacent to an activating group) is 1. The number of rotatable bonds is 6. The summed E-state index contributed by atoms with van der Waals surface area (Å²) in [4.78, 5) is 17.4. The van der Waals surface area contributed by atoms with Crippen LogP contribution in [0.2, 0.25) is 0 Å². The molecular weight excluding hydrogens is 262 g/mol. The molecule has 0 bridgehead atoms. The van der Waals surface area contributed by atoms with Gasteiger partial charge in [-0.15, -0.1) is 0 Å². The molecule has 3 N–H and O–H groups in total. The van der Waals surface area contributed by atoms with Crippen molar-refractivity contribution in [2.45, 2.75) is 45.2 Å². The molecule has 2 aromatic rings. The summed E-state index contributed by atoms with van der Waals surface area (Å²) in [5, 5.41) is 1.14. The van der Waals surface area contributed by atoms with Crippen molar-refractivity contribution < 1.29 is 4.79 Å². The number of nitrogens with two attached hydrogens (primary N) is 1. The van der Waals surface area contributed by atoms with Crippen LogP contribution in [0.15, 0.2) is 30.5 Å². The van der Waals surface area contributed by atoms with Crippen LogP contribution < -0.4 is 5.73 Å². The van der Waals surface area contributed by atoms with Crippen LogP contribution in [0.1, 0.15) is 32.3 Å². The van der Waals surface area contributed by atoms with Gasteiger partial charge in [-0.3, -0.25) is 4.79 Å². The van der Waals surface area contributed by atoms with E-state index in [1.54, 1.807) is 4.90 Å². The summed E-state index contributed by atoms with van der Waals surface area (Å²) in [6.45, 7) is 4.19. The summed E-state index contributed by atoms with van der Waals surface area (Å²) in [6, 6.07) is 7.82. The van der Waals surface area contributed by atoms with Crippen molar-refractivity contribution in [3.63, 3.8) is 0 Å². The third-order valence-corrected chi connectivity index (χ3v) is 4.15. The van der Waals surface area contributed by atoms with Gasteiger partial charge in [0.2, 0.25) is 5.91 Å². The highest BCUT2D eigenvalue weighted by Crippen LogP contribution is 2.19. The monoisotopic (exact) mass is 287 g/mol. The number of amides is 1. The summed E-state index contributed by atoms with van der Waals surface area (Å²) < 4.78 is 0. The fraction of sp³-hybridized carbons (Fsp3) is 0.471. The second kappa shape index (κ2) is 6.76. The number of nitrogens with zero attached hydrogens (tertiary/aromatic N) is 1. The van der Waals surface area contributed by atoms with Gasteiger partial charge in [-0.1, -0.05) is 31.5 Å². The fourth-order valence-electron chi connectivity index (χ4n) is 2.71. The van der Waals surface area contributed by atoms with Crippen LogP contribution in [0.4, 0.5) is 0 Å². The van der Waals surface area contributed by atoms with E-state index < -0.39 is 6.04 Å². The minimum atomic E-state index is -0.492. The summed E-state index contributed by atoms with van der Waals surface area (Å²) in [7, 11) is 1.84. The molecule has 2 rings (SSSR count). The normalized spacial score (nSPS) is 14.1. The van der Waals surface area contributed by atoms with Crippen molar-refractivity contribution >= 4 is 16.8 Å². The van der Waals surface area contributed by atoms with Gasteiger partial charge in [-0.05, 0) is 31.4 Å². The zero-order valence-corrected chi connectivity index (χ0v) is 13.1. The molecule has 1 amide bonds. The third kappa shape index (κ3) is 3.45. The molecule has 4 heteroatoms. The molecule has 0 aliphatic rings. The zero-order valence-electron chi connectivity index (χ0n) is 13.1. The summed E-state index contributed by atoms with van der Waals surface area (Å²) >= 11 is 0. The molecule has 1 heterocycles. The minimum Gasteiger partial charge on any atom is -0.361 e. The fourth-order valence-corrected chi connectivity index (χ4v) is 2.71. The van der Waals surface area contributed by atoms with Crippen molar-refractivity contribution in [2.75, 3.05) is 7.05 Å². The largest absolute Gasteiger partial charge is 0.361 e. The minimum absolute atomic E-state index is 0.0150. The van der Waals surface area contributed by atoms with Crippen molar-refractivity contribution in [3.8, 4) is 0 Å². The highest BCUT2D eigenvalue weighted by atomic mass is 16.2. The van der Waals surface area contributed by atoms with Crippen LogP contribution in [-0.4, -0.2) is 34.9 Å². The Balaban J connectivity index is 2.07. The lowest BCUT2D eigenvalue weighted by molar-refractivity contribution is -0.133. The predicted molar refractivity (Wildman–Crippen MR) is 87.1 cm³/mol. The number of carbonyl (C=O) groups is 1. The van der Waals surface area contributed by atoms with E-state index in [2.05, 4.69) is 24.9 Å². The lowest BCUT2D eigenvalue weighted by atomic mass is 10.0. The highest BCUT2D eigenvalue weighted by molar-refractivity contribution is 5.86. The average Bonchev–Trinajstić information content (AvgIpc) is 2.89. The first kappa shape index (κ1) is 15.6. The molecule has 0 saturated carbocycles. The average molecular weight is 287 g/mol. The lowest BCUT2D eigenvalue weighted by Crippen LogP contribution is -2.46. The molecule has 114 valence electrons. The Hall–Kier alpha value is -1.81. The predicted octanol–water partition coefficient (Wildman–Crippen LogP) is 2.68. The maximum atomic E-state index is 12.4. The molecule has 0 spiro atoms. The van der Waals surface area contributed by atoms with E-state index in [9.17, 15) is 4.79 Å². The van der Waals surface area contributed by atoms with Gasteiger partial charge in [0.15, 0.2) is 0 Å². The van der Waals surface area contributed by atoms with Crippen molar-refractivity contribution in [1.82, 2.24) is 9.88 Å². The van der Waals surface area contributed by atoms with Gasteiger partial charge in [0, 0.05) is 30.2 Å². The molecule has 4 nitrogen and oxygen atoms in total. The Labute approximate surface area is 126 Å². The Morgan fingerprint density at radius 1 is 1.38 bits per heavy atom. The molecule has 1 aromatic carbocycles. The Morgan fingerprint density at radius 2 is 2.10 bits per heavy atom. The van der Waals surface area contributed by atoms with E-state index in [0.717, 1.165) is 29.3 Å². The molecule has 21 heavy (non-hydrogen) atoms. The van der Waals surface area contributed by atoms with Crippen LogP contribution in [0.5, 0.6) is 0 Å². The maximum Gasteiger partial charge on any atom is 0.239 e. The van der Waals surface area contributed by atoms with Crippen LogP contribution in [0.25, 0.3) is 10.9 Å². The van der Waals surface area contributed by atoms with Gasteiger partial charge in [-0.25, -0.2) is 0 Å². The molecule has 1 unspecified atom stereocenters. The quantitative estimate of drug-likeness (QED) is 0.858. The number of hydrogen-bond acceptors (Lipinski definition) is 2. The number of nitrogens with one attached hydrogen (secondary N) is 1. The summed E-state index contributed by atoms with van der Waals surface area (Å²) in [5.74, 6) is 0.0150. The second-order valence-electron chi connectivity index (χ2n) is 5.76. The number of fused-ring (bicyclic) bond motifs is 1. The third-order valence-electron chi connectivity index (χ3n) is 4.15. The first-order valence-corrected chi connectivity index (χ1v) is 7.61. The highest BCUT2D eigenvalue weighted by Gasteiger charge is 2.22. The SMILES string of the molecule is CCCC(C)N(C)C(=O)[C@H](N)Cc1c[nH]c2ccccc12. The van der Waals surface area contributed by atoms with Gasteiger partial charge >= 0.3 is 0 Å². The van der Waals surface area contributed by atoms with Crippen molar-refractivity contribution in [2.24, 2.45) is 5.73 Å². The maximum absolute atomic E-state index is 12.4. The molecule has 0 radical (unpaired) electrons. The van der Waals surface area contributed by atoms with Gasteiger partial charge < -0.3 is 15.6 Å². The first-order valence-electron chi connectivity index (χ1n) is 7.61. The van der Waals surface area contributed by atoms with Gasteiger partial charge in [0.1, 0.15) is 0 Å². The van der Waals surface area contributed by atoms with Crippen LogP contribution in [-0.2, 0) is 11.2 Å². The van der Waals surface area contributed by atoms with E-state index in [0.29, 0.717) is 6.42 Å². The lowest BCUT2D eigenvalue weighted by Gasteiger charge is -2.27. The number of carbonyl (C=O) groups excluding carboxylic acids is 1. The van der Waals surface area contributed by atoms with Gasteiger partial charge in [0.25, 0.3) is 0 Å². The molecule has 1 aromatic heterocycles. The van der Waals surface area contributed by atoms with Crippen LogP contribution >= 0.6 is 0 Å². The van der Waals surface area contributed by atoms with E-state index in [1.807, 2.05) is 31.4 Å². The topological polar surface area (TPSA) is 62.1 Å². The molecular formula is C17H25N3O. The van der Waals surface area contributed by atoms with Crippen molar-refractivity contribution in [1.29, 1.82) is 0 Å². The number of aromatic nitrogens is 1. The smallest absolute Gasteiger partial charge is 0.239 e. The van der Waals surface area contributed by atoms with E-state index in [-0.39, 0.29) is 11.9 Å². The van der Waals surface area contributed by atoms with Gasteiger partial charge in [0.05, 0.1) is 6.04 Å². The molecule has 0 aliphatic carbocycles. The summed E-state index contributed by atoms with van der Waals surface area (Å²) in [6.07, 6.45) is 4.58. The molecule has 2 atom stereocenters. The molecule has 0 saturated heterocycles. The number of hydrogen-bond donors (Lipinski definition) is 2. The number of aromatic amines is 1. The number of para-hydroxylation sites is 1. The van der Waals surface area contributed by atoms with Crippen molar-refractivity contribution in [3.05, 3.63) is 36.0 Å². The van der Waals surface area contributed by atoms with Crippen LogP contribution in [0.3, 0.4) is 0 Å². The summed E-state index contributed by atoms with van der Waals surface area (Å²) in [5.41, 5.74) is 8.31. The number of H-pyrrole nitrogens is 1. The number of benzene rings is 1. The van der Waals surface area contributed by atoms with E-state index >= 15 is 0 Å².